The van der Waals surface area contributed by atoms with Gasteiger partial charge in [-0.25, -0.2) is 4.98 Å². The van der Waals surface area contributed by atoms with Crippen molar-refractivity contribution in [2.45, 2.75) is 18.8 Å². The highest BCUT2D eigenvalue weighted by molar-refractivity contribution is 5.66. The van der Waals surface area contributed by atoms with Crippen molar-refractivity contribution in [3.8, 4) is 6.07 Å². The summed E-state index contributed by atoms with van der Waals surface area (Å²) >= 11 is 0. The molecule has 20 heavy (non-hydrogen) atoms. The van der Waals surface area contributed by atoms with E-state index in [4.69, 9.17) is 0 Å². The highest BCUT2D eigenvalue weighted by atomic mass is 15.1. The molecule has 5 nitrogen and oxygen atoms in total. The van der Waals surface area contributed by atoms with Crippen LogP contribution in [0.1, 0.15) is 30.3 Å². The molecule has 1 saturated heterocycles. The van der Waals surface area contributed by atoms with Crippen LogP contribution in [0.25, 0.3) is 5.52 Å². The third kappa shape index (κ3) is 2.12. The van der Waals surface area contributed by atoms with Gasteiger partial charge in [0.1, 0.15) is 11.9 Å². The summed E-state index contributed by atoms with van der Waals surface area (Å²) in [6, 6.07) is 6.32. The summed E-state index contributed by atoms with van der Waals surface area (Å²) < 4.78 is 2.07. The summed E-state index contributed by atoms with van der Waals surface area (Å²) in [5.41, 5.74) is 2.51. The lowest BCUT2D eigenvalue weighted by Crippen LogP contribution is -2.29. The van der Waals surface area contributed by atoms with Crippen molar-refractivity contribution >= 4 is 11.2 Å². The third-order valence-electron chi connectivity index (χ3n) is 3.94. The molecule has 2 aromatic heterocycles. The van der Waals surface area contributed by atoms with Gasteiger partial charge >= 0.3 is 0 Å². The van der Waals surface area contributed by atoms with Crippen LogP contribution >= 0.6 is 0 Å². The fourth-order valence-electron chi connectivity index (χ4n) is 2.82. The van der Waals surface area contributed by atoms with E-state index in [-0.39, 0.29) is 0 Å². The number of hydrogen-bond donors (Lipinski definition) is 1. The number of nitriles is 1. The predicted octanol–water partition coefficient (Wildman–Crippen LogP) is 1.74. The second kappa shape index (κ2) is 5.14. The molecule has 1 aliphatic rings. The van der Waals surface area contributed by atoms with Gasteiger partial charge in [-0.3, -0.25) is 0 Å². The molecule has 3 rings (SSSR count). The van der Waals surface area contributed by atoms with E-state index in [2.05, 4.69) is 26.8 Å². The van der Waals surface area contributed by atoms with Crippen molar-refractivity contribution in [2.24, 2.45) is 0 Å². The van der Waals surface area contributed by atoms with E-state index in [1.165, 1.54) is 0 Å². The largest absolute Gasteiger partial charge is 0.378 e. The SMILES string of the molecule is CN(C)c1ccn2c(C3CCCNC3)nc(C#N)c2c1. The first kappa shape index (κ1) is 12.9. The van der Waals surface area contributed by atoms with Crippen LogP contribution in [0, 0.1) is 11.3 Å². The first-order valence-electron chi connectivity index (χ1n) is 7.01. The molecule has 1 aliphatic heterocycles. The molecule has 0 aliphatic carbocycles. The molecule has 0 amide bonds. The lowest BCUT2D eigenvalue weighted by atomic mass is 9.99. The molecular formula is C15H19N5. The van der Waals surface area contributed by atoms with Gasteiger partial charge in [-0.15, -0.1) is 0 Å². The lowest BCUT2D eigenvalue weighted by molar-refractivity contribution is 0.445. The molecule has 1 N–H and O–H groups in total. The molecule has 0 spiro atoms. The maximum absolute atomic E-state index is 9.32. The van der Waals surface area contributed by atoms with Crippen molar-refractivity contribution in [2.75, 3.05) is 32.1 Å². The molecule has 104 valence electrons. The fraction of sp³-hybridized carbons (Fsp3) is 0.467. The number of pyridine rings is 1. The Labute approximate surface area is 118 Å². The summed E-state index contributed by atoms with van der Waals surface area (Å²) in [6.07, 6.45) is 4.33. The summed E-state index contributed by atoms with van der Waals surface area (Å²) in [5, 5.41) is 12.7. The summed E-state index contributed by atoms with van der Waals surface area (Å²) in [4.78, 5) is 6.61. The molecule has 1 unspecified atom stereocenters. The second-order valence-electron chi connectivity index (χ2n) is 5.51. The first-order chi connectivity index (χ1) is 9.70. The topological polar surface area (TPSA) is 56.4 Å². The average molecular weight is 269 g/mol. The quantitative estimate of drug-likeness (QED) is 0.902. The minimum absolute atomic E-state index is 0.392. The smallest absolute Gasteiger partial charge is 0.166 e. The zero-order valence-corrected chi connectivity index (χ0v) is 11.9. The number of piperidine rings is 1. The number of anilines is 1. The first-order valence-corrected chi connectivity index (χ1v) is 7.01. The monoisotopic (exact) mass is 269 g/mol. The Morgan fingerprint density at radius 2 is 2.35 bits per heavy atom. The van der Waals surface area contributed by atoms with E-state index in [9.17, 15) is 5.26 Å². The number of nitrogens with one attached hydrogen (secondary N) is 1. The molecule has 0 saturated carbocycles. The maximum Gasteiger partial charge on any atom is 0.166 e. The molecule has 3 heterocycles. The van der Waals surface area contributed by atoms with Crippen molar-refractivity contribution < 1.29 is 0 Å². The highest BCUT2D eigenvalue weighted by Gasteiger charge is 2.22. The van der Waals surface area contributed by atoms with Gasteiger partial charge in [0.15, 0.2) is 5.69 Å². The van der Waals surface area contributed by atoms with Gasteiger partial charge in [0.05, 0.1) is 5.52 Å². The molecule has 0 radical (unpaired) electrons. The molecule has 0 bridgehead atoms. The summed E-state index contributed by atoms with van der Waals surface area (Å²) in [5.74, 6) is 1.40. The Kier molecular flexibility index (Phi) is 3.33. The van der Waals surface area contributed by atoms with Crippen LogP contribution in [0.2, 0.25) is 0 Å². The van der Waals surface area contributed by atoms with Gasteiger partial charge in [-0.1, -0.05) is 0 Å². The van der Waals surface area contributed by atoms with Crippen molar-refractivity contribution in [1.29, 1.82) is 5.26 Å². The van der Waals surface area contributed by atoms with Crippen molar-refractivity contribution in [3.63, 3.8) is 0 Å². The van der Waals surface area contributed by atoms with Gasteiger partial charge in [0, 0.05) is 38.4 Å². The predicted molar refractivity (Wildman–Crippen MR) is 79.1 cm³/mol. The zero-order chi connectivity index (χ0) is 14.1. The molecule has 2 aromatic rings. The van der Waals surface area contributed by atoms with Crippen LogP contribution in [0.3, 0.4) is 0 Å². The molecule has 0 aromatic carbocycles. The molecule has 1 fully saturated rings. The Morgan fingerprint density at radius 1 is 1.50 bits per heavy atom. The third-order valence-corrected chi connectivity index (χ3v) is 3.94. The zero-order valence-electron chi connectivity index (χ0n) is 11.9. The standard InChI is InChI=1S/C15H19N5/c1-19(2)12-5-7-20-14(8-12)13(9-16)18-15(20)11-4-3-6-17-10-11/h5,7-8,11,17H,3-4,6,10H2,1-2H3. The summed E-state index contributed by atoms with van der Waals surface area (Å²) in [7, 11) is 4.00. The van der Waals surface area contributed by atoms with E-state index in [1.807, 2.05) is 31.3 Å². The fourth-order valence-corrected chi connectivity index (χ4v) is 2.82. The highest BCUT2D eigenvalue weighted by Crippen LogP contribution is 2.26. The van der Waals surface area contributed by atoms with E-state index in [1.54, 1.807) is 0 Å². The minimum atomic E-state index is 0.392. The van der Waals surface area contributed by atoms with Crippen LogP contribution in [-0.4, -0.2) is 36.6 Å². The number of hydrogen-bond acceptors (Lipinski definition) is 4. The molecular weight excluding hydrogens is 250 g/mol. The number of imidazole rings is 1. The van der Waals surface area contributed by atoms with Gasteiger partial charge in [-0.2, -0.15) is 5.26 Å². The lowest BCUT2D eigenvalue weighted by Gasteiger charge is -2.21. The van der Waals surface area contributed by atoms with Crippen LogP contribution in [0.15, 0.2) is 18.3 Å². The van der Waals surface area contributed by atoms with Gasteiger partial charge in [0.2, 0.25) is 0 Å². The van der Waals surface area contributed by atoms with E-state index < -0.39 is 0 Å². The Hall–Kier alpha value is -2.06. The Balaban J connectivity index is 2.12. The van der Waals surface area contributed by atoms with Crippen LogP contribution in [0.5, 0.6) is 0 Å². The number of nitrogens with zero attached hydrogens (tertiary/aromatic N) is 4. The number of aromatic nitrogens is 2. The van der Waals surface area contributed by atoms with E-state index >= 15 is 0 Å². The van der Waals surface area contributed by atoms with E-state index in [0.717, 1.165) is 43.0 Å². The maximum atomic E-state index is 9.32. The second-order valence-corrected chi connectivity index (χ2v) is 5.51. The van der Waals surface area contributed by atoms with Crippen molar-refractivity contribution in [1.82, 2.24) is 14.7 Å². The normalized spacial score (nSPS) is 18.9. The van der Waals surface area contributed by atoms with Crippen molar-refractivity contribution in [3.05, 3.63) is 29.8 Å². The molecule has 5 heteroatoms. The van der Waals surface area contributed by atoms with E-state index in [0.29, 0.717) is 11.6 Å². The van der Waals surface area contributed by atoms with Gasteiger partial charge < -0.3 is 14.6 Å². The average Bonchev–Trinajstić information content (AvgIpc) is 2.86. The Bertz CT molecular complexity index is 659. The summed E-state index contributed by atoms with van der Waals surface area (Å²) in [6.45, 7) is 2.02. The van der Waals surface area contributed by atoms with Crippen LogP contribution < -0.4 is 10.2 Å². The van der Waals surface area contributed by atoms with Crippen LogP contribution in [0.4, 0.5) is 5.69 Å². The minimum Gasteiger partial charge on any atom is -0.378 e. The van der Waals surface area contributed by atoms with Gasteiger partial charge in [-0.05, 0) is 31.5 Å². The van der Waals surface area contributed by atoms with Crippen LogP contribution in [-0.2, 0) is 0 Å². The number of rotatable bonds is 2. The molecule has 1 atom stereocenters. The Morgan fingerprint density at radius 3 is 3.00 bits per heavy atom. The number of fused-ring (bicyclic) bond motifs is 1. The van der Waals surface area contributed by atoms with Gasteiger partial charge in [0.25, 0.3) is 0 Å².